The van der Waals surface area contributed by atoms with Gasteiger partial charge in [0.1, 0.15) is 6.17 Å². The second-order valence-corrected chi connectivity index (χ2v) is 3.06. The Bertz CT molecular complexity index is 89.3. The maximum Gasteiger partial charge on any atom is 0.125 e. The second kappa shape index (κ2) is 3.91. The summed E-state index contributed by atoms with van der Waals surface area (Å²) in [6, 6.07) is 0. The molecule has 0 atom stereocenters. The number of halogens is 1. The third kappa shape index (κ3) is 2.25. The topological polar surface area (TPSA) is 3.24 Å². The van der Waals surface area contributed by atoms with Crippen molar-refractivity contribution in [1.82, 2.24) is 4.90 Å². The lowest BCUT2D eigenvalue weighted by Crippen LogP contribution is -2.48. The summed E-state index contributed by atoms with van der Waals surface area (Å²) in [7, 11) is 0. The fourth-order valence-electron chi connectivity index (χ4n) is 1.27. The summed E-state index contributed by atoms with van der Waals surface area (Å²) in [4.78, 5) is 2.18. The van der Waals surface area contributed by atoms with Crippen molar-refractivity contribution in [3.05, 3.63) is 0 Å². The van der Waals surface area contributed by atoms with Crippen molar-refractivity contribution in [2.45, 2.75) is 32.4 Å². The molecule has 0 aromatic rings. The number of hydrogen-bond acceptors (Lipinski definition) is 1. The van der Waals surface area contributed by atoms with Crippen LogP contribution in [0.4, 0.5) is 4.39 Å². The zero-order valence-corrected chi connectivity index (χ0v) is 6.65. The van der Waals surface area contributed by atoms with Crippen molar-refractivity contribution >= 4 is 0 Å². The van der Waals surface area contributed by atoms with Gasteiger partial charge in [-0.25, -0.2) is 4.39 Å². The minimum Gasteiger partial charge on any atom is -0.297 e. The molecule has 0 radical (unpaired) electrons. The zero-order chi connectivity index (χ0) is 7.40. The lowest BCUT2D eigenvalue weighted by atomic mass is 10.1. The Morgan fingerprint density at radius 1 is 1.40 bits per heavy atom. The molecule has 60 valence electrons. The van der Waals surface area contributed by atoms with E-state index in [1.807, 2.05) is 0 Å². The van der Waals surface area contributed by atoms with Crippen molar-refractivity contribution in [3.63, 3.8) is 0 Å². The predicted octanol–water partition coefficient (Wildman–Crippen LogP) is 1.83. The monoisotopic (exact) mass is 145 g/mol. The Morgan fingerprint density at radius 2 is 2.10 bits per heavy atom. The van der Waals surface area contributed by atoms with Crippen LogP contribution in [0.1, 0.15) is 26.2 Å². The lowest BCUT2D eigenvalue weighted by molar-refractivity contribution is 0.0644. The first-order valence-electron chi connectivity index (χ1n) is 4.19. The SMILES string of the molecule is CCCCCN1CC(F)C1. The molecule has 1 rings (SSSR count). The van der Waals surface area contributed by atoms with Gasteiger partial charge in [0, 0.05) is 13.1 Å². The van der Waals surface area contributed by atoms with Gasteiger partial charge in [-0.3, -0.25) is 4.90 Å². The number of rotatable bonds is 4. The molecule has 0 aromatic heterocycles. The molecule has 0 aromatic carbocycles. The molecule has 1 aliphatic rings. The molecule has 1 fully saturated rings. The van der Waals surface area contributed by atoms with E-state index in [1.165, 1.54) is 19.3 Å². The van der Waals surface area contributed by atoms with E-state index < -0.39 is 6.17 Å². The molecule has 2 heteroatoms. The first-order valence-corrected chi connectivity index (χ1v) is 4.19. The van der Waals surface area contributed by atoms with E-state index in [9.17, 15) is 4.39 Å². The van der Waals surface area contributed by atoms with Crippen LogP contribution < -0.4 is 0 Å². The van der Waals surface area contributed by atoms with E-state index in [0.717, 1.165) is 6.54 Å². The minimum atomic E-state index is -0.526. The molecule has 0 unspecified atom stereocenters. The number of alkyl halides is 1. The second-order valence-electron chi connectivity index (χ2n) is 3.06. The molecule has 0 spiro atoms. The normalized spacial score (nSPS) is 21.0. The third-order valence-electron chi connectivity index (χ3n) is 1.99. The first-order chi connectivity index (χ1) is 4.83. The summed E-state index contributed by atoms with van der Waals surface area (Å²) in [5.41, 5.74) is 0. The first kappa shape index (κ1) is 7.99. The summed E-state index contributed by atoms with van der Waals surface area (Å²) < 4.78 is 12.2. The molecule has 1 heterocycles. The summed E-state index contributed by atoms with van der Waals surface area (Å²) in [5, 5.41) is 0. The van der Waals surface area contributed by atoms with Crippen LogP contribution in [-0.2, 0) is 0 Å². The largest absolute Gasteiger partial charge is 0.297 e. The number of unbranched alkanes of at least 4 members (excludes halogenated alkanes) is 2. The highest BCUT2D eigenvalue weighted by molar-refractivity contribution is 4.78. The van der Waals surface area contributed by atoms with E-state index in [4.69, 9.17) is 0 Å². The Labute approximate surface area is 62.2 Å². The molecule has 1 saturated heterocycles. The van der Waals surface area contributed by atoms with Crippen molar-refractivity contribution in [3.8, 4) is 0 Å². The molecule has 1 nitrogen and oxygen atoms in total. The molecule has 0 amide bonds. The summed E-state index contributed by atoms with van der Waals surface area (Å²) >= 11 is 0. The Kier molecular flexibility index (Phi) is 3.13. The standard InChI is InChI=1S/C8H16FN/c1-2-3-4-5-10-6-8(9)7-10/h8H,2-7H2,1H3. The highest BCUT2D eigenvalue weighted by Gasteiger charge is 2.24. The fraction of sp³-hybridized carbons (Fsp3) is 1.00. The van der Waals surface area contributed by atoms with Crippen LogP contribution in [-0.4, -0.2) is 30.7 Å². The molecular weight excluding hydrogens is 129 g/mol. The van der Waals surface area contributed by atoms with Gasteiger partial charge in [0.15, 0.2) is 0 Å². The van der Waals surface area contributed by atoms with Crippen LogP contribution in [0.5, 0.6) is 0 Å². The molecule has 0 N–H and O–H groups in total. The maximum absolute atomic E-state index is 12.2. The lowest BCUT2D eigenvalue weighted by Gasteiger charge is -2.34. The van der Waals surface area contributed by atoms with Gasteiger partial charge in [0.25, 0.3) is 0 Å². The Balaban J connectivity index is 1.86. The highest BCUT2D eigenvalue weighted by atomic mass is 19.1. The number of likely N-dealkylation sites (tertiary alicyclic amines) is 1. The van der Waals surface area contributed by atoms with Gasteiger partial charge < -0.3 is 0 Å². The van der Waals surface area contributed by atoms with Gasteiger partial charge in [-0.05, 0) is 13.0 Å². The van der Waals surface area contributed by atoms with Gasteiger partial charge in [-0.1, -0.05) is 19.8 Å². The van der Waals surface area contributed by atoms with Crippen LogP contribution in [0, 0.1) is 0 Å². The fourth-order valence-corrected chi connectivity index (χ4v) is 1.27. The van der Waals surface area contributed by atoms with Crippen LogP contribution in [0.25, 0.3) is 0 Å². The molecule has 10 heavy (non-hydrogen) atoms. The van der Waals surface area contributed by atoms with Crippen LogP contribution in [0.15, 0.2) is 0 Å². The predicted molar refractivity (Wildman–Crippen MR) is 40.9 cm³/mol. The highest BCUT2D eigenvalue weighted by Crippen LogP contribution is 2.11. The summed E-state index contributed by atoms with van der Waals surface area (Å²) in [6.45, 7) is 4.66. The molecule has 0 saturated carbocycles. The number of hydrogen-bond donors (Lipinski definition) is 0. The van der Waals surface area contributed by atoms with Crippen molar-refractivity contribution < 1.29 is 4.39 Å². The van der Waals surface area contributed by atoms with E-state index >= 15 is 0 Å². The average molecular weight is 145 g/mol. The van der Waals surface area contributed by atoms with Gasteiger partial charge in [-0.2, -0.15) is 0 Å². The van der Waals surface area contributed by atoms with Crippen molar-refractivity contribution in [1.29, 1.82) is 0 Å². The van der Waals surface area contributed by atoms with E-state index in [0.29, 0.717) is 13.1 Å². The van der Waals surface area contributed by atoms with Crippen LogP contribution in [0.2, 0.25) is 0 Å². The Morgan fingerprint density at radius 3 is 2.60 bits per heavy atom. The molecule has 0 aliphatic carbocycles. The van der Waals surface area contributed by atoms with E-state index in [2.05, 4.69) is 11.8 Å². The summed E-state index contributed by atoms with van der Waals surface area (Å²) in [6.07, 6.45) is 3.26. The molecule has 0 bridgehead atoms. The van der Waals surface area contributed by atoms with Gasteiger partial charge in [-0.15, -0.1) is 0 Å². The van der Waals surface area contributed by atoms with Crippen molar-refractivity contribution in [2.75, 3.05) is 19.6 Å². The minimum absolute atomic E-state index is 0.526. The van der Waals surface area contributed by atoms with E-state index in [-0.39, 0.29) is 0 Å². The van der Waals surface area contributed by atoms with Gasteiger partial charge >= 0.3 is 0 Å². The van der Waals surface area contributed by atoms with Crippen LogP contribution >= 0.6 is 0 Å². The smallest absolute Gasteiger partial charge is 0.125 e. The van der Waals surface area contributed by atoms with Gasteiger partial charge in [0.2, 0.25) is 0 Å². The third-order valence-corrected chi connectivity index (χ3v) is 1.99. The Hall–Kier alpha value is -0.110. The quantitative estimate of drug-likeness (QED) is 0.545. The number of nitrogens with zero attached hydrogens (tertiary/aromatic N) is 1. The molecule has 1 aliphatic heterocycles. The average Bonchev–Trinajstić information content (AvgIpc) is 1.85. The van der Waals surface area contributed by atoms with Crippen LogP contribution in [0.3, 0.4) is 0 Å². The summed E-state index contributed by atoms with van der Waals surface area (Å²) in [5.74, 6) is 0. The van der Waals surface area contributed by atoms with E-state index in [1.54, 1.807) is 0 Å². The molecular formula is C8H16FN. The van der Waals surface area contributed by atoms with Crippen molar-refractivity contribution in [2.24, 2.45) is 0 Å². The zero-order valence-electron chi connectivity index (χ0n) is 6.65. The maximum atomic E-state index is 12.2. The van der Waals surface area contributed by atoms with Gasteiger partial charge in [0.05, 0.1) is 0 Å².